The van der Waals surface area contributed by atoms with Gasteiger partial charge in [0.25, 0.3) is 0 Å². The Morgan fingerprint density at radius 2 is 1.73 bits per heavy atom. The van der Waals surface area contributed by atoms with Gasteiger partial charge in [-0.1, -0.05) is 53.5 Å². The predicted molar refractivity (Wildman–Crippen MR) is 163 cm³/mol. The highest BCUT2D eigenvalue weighted by molar-refractivity contribution is 6.36. The van der Waals surface area contributed by atoms with Crippen LogP contribution in [0.4, 0.5) is 0 Å². The summed E-state index contributed by atoms with van der Waals surface area (Å²) in [6.45, 7) is 3.55. The van der Waals surface area contributed by atoms with Gasteiger partial charge in [0.15, 0.2) is 0 Å². The smallest absolute Gasteiger partial charge is 0.246 e. The van der Waals surface area contributed by atoms with Crippen LogP contribution in [0, 0.1) is 0 Å². The minimum atomic E-state index is 0.0975. The van der Waals surface area contributed by atoms with Gasteiger partial charge in [0.2, 0.25) is 5.91 Å². The first kappa shape index (κ1) is 28.3. The molecule has 0 radical (unpaired) electrons. The van der Waals surface area contributed by atoms with Crippen LogP contribution in [0.3, 0.4) is 0 Å². The lowest BCUT2D eigenvalue weighted by molar-refractivity contribution is -0.125. The summed E-state index contributed by atoms with van der Waals surface area (Å²) in [7, 11) is 0. The number of halogens is 2. The fraction of sp³-hybridized carbons (Fsp3) is 0.303. The van der Waals surface area contributed by atoms with Gasteiger partial charge in [-0.25, -0.2) is 0 Å². The molecule has 3 aromatic rings. The SMILES string of the molecule is O=C(/C=C/CNCCOc1ccc(C2=C(c3ccc(Cl)cc3Cl)CCCc3cc(O)ccc32)cc1)N1CCCC1. The van der Waals surface area contributed by atoms with Crippen molar-refractivity contribution in [3.05, 3.63) is 105 Å². The number of phenolic OH excluding ortho intramolecular Hbond substituents is 1. The zero-order valence-electron chi connectivity index (χ0n) is 22.5. The maximum Gasteiger partial charge on any atom is 0.246 e. The third kappa shape index (κ3) is 6.90. The van der Waals surface area contributed by atoms with Crippen LogP contribution in [0.25, 0.3) is 11.1 Å². The van der Waals surface area contributed by atoms with Crippen LogP contribution in [-0.4, -0.2) is 48.7 Å². The number of aromatic hydroxyl groups is 1. The lowest BCUT2D eigenvalue weighted by Crippen LogP contribution is -2.26. The number of phenols is 1. The van der Waals surface area contributed by atoms with Gasteiger partial charge in [-0.3, -0.25) is 4.79 Å². The molecule has 7 heteroatoms. The van der Waals surface area contributed by atoms with Gasteiger partial charge in [0.1, 0.15) is 18.1 Å². The van der Waals surface area contributed by atoms with E-state index in [2.05, 4.69) is 17.4 Å². The number of nitrogens with one attached hydrogen (secondary N) is 1. The summed E-state index contributed by atoms with van der Waals surface area (Å²) in [6, 6.07) is 19.4. The van der Waals surface area contributed by atoms with E-state index in [-0.39, 0.29) is 11.7 Å². The number of hydrogen-bond acceptors (Lipinski definition) is 4. The highest BCUT2D eigenvalue weighted by atomic mass is 35.5. The Bertz CT molecular complexity index is 1410. The summed E-state index contributed by atoms with van der Waals surface area (Å²) in [6.07, 6.45) is 8.41. The van der Waals surface area contributed by atoms with Gasteiger partial charge >= 0.3 is 0 Å². The average molecular weight is 578 g/mol. The fourth-order valence-electron chi connectivity index (χ4n) is 5.45. The molecule has 3 aromatic carbocycles. The van der Waals surface area contributed by atoms with E-state index in [1.165, 1.54) is 5.57 Å². The molecule has 1 amide bonds. The molecular formula is C33H34Cl2N2O3. The van der Waals surface area contributed by atoms with Crippen molar-refractivity contribution < 1.29 is 14.6 Å². The van der Waals surface area contributed by atoms with E-state index in [0.717, 1.165) is 78.8 Å². The predicted octanol–water partition coefficient (Wildman–Crippen LogP) is 7.14. The molecule has 5 nitrogen and oxygen atoms in total. The number of amides is 1. The largest absolute Gasteiger partial charge is 0.508 e. The van der Waals surface area contributed by atoms with E-state index < -0.39 is 0 Å². The van der Waals surface area contributed by atoms with Gasteiger partial charge < -0.3 is 20.1 Å². The Morgan fingerprint density at radius 3 is 2.50 bits per heavy atom. The van der Waals surface area contributed by atoms with Crippen molar-refractivity contribution in [3.63, 3.8) is 0 Å². The van der Waals surface area contributed by atoms with Crippen LogP contribution in [0.2, 0.25) is 10.0 Å². The van der Waals surface area contributed by atoms with E-state index in [9.17, 15) is 9.90 Å². The van der Waals surface area contributed by atoms with Crippen molar-refractivity contribution in [2.45, 2.75) is 32.1 Å². The number of benzene rings is 3. The van der Waals surface area contributed by atoms with E-state index in [1.807, 2.05) is 47.4 Å². The molecule has 0 saturated carbocycles. The molecule has 0 aromatic heterocycles. The van der Waals surface area contributed by atoms with Crippen LogP contribution in [0.15, 0.2) is 72.8 Å². The molecule has 1 saturated heterocycles. The highest BCUT2D eigenvalue weighted by Crippen LogP contribution is 2.43. The third-order valence-corrected chi connectivity index (χ3v) is 7.97. The number of rotatable bonds is 9. The second kappa shape index (κ2) is 13.4. The van der Waals surface area contributed by atoms with E-state index >= 15 is 0 Å². The van der Waals surface area contributed by atoms with Crippen molar-refractivity contribution in [1.29, 1.82) is 0 Å². The van der Waals surface area contributed by atoms with Crippen LogP contribution >= 0.6 is 23.2 Å². The molecule has 5 rings (SSSR count). The fourth-order valence-corrected chi connectivity index (χ4v) is 5.98. The molecule has 2 aliphatic rings. The molecule has 1 aliphatic carbocycles. The second-order valence-electron chi connectivity index (χ2n) is 10.2. The first-order valence-corrected chi connectivity index (χ1v) is 14.7. The number of ether oxygens (including phenoxy) is 1. The van der Waals surface area contributed by atoms with E-state index in [0.29, 0.717) is 29.7 Å². The van der Waals surface area contributed by atoms with Gasteiger partial charge in [-0.2, -0.15) is 0 Å². The maximum absolute atomic E-state index is 12.1. The number of allylic oxidation sites excluding steroid dienone is 1. The van der Waals surface area contributed by atoms with Gasteiger partial charge in [0, 0.05) is 42.3 Å². The zero-order valence-corrected chi connectivity index (χ0v) is 24.0. The molecular weight excluding hydrogens is 543 g/mol. The first-order valence-electron chi connectivity index (χ1n) is 13.9. The van der Waals surface area contributed by atoms with Crippen LogP contribution < -0.4 is 10.1 Å². The molecule has 208 valence electrons. The van der Waals surface area contributed by atoms with Crippen molar-refractivity contribution in [2.24, 2.45) is 0 Å². The Morgan fingerprint density at radius 1 is 0.950 bits per heavy atom. The molecule has 0 unspecified atom stereocenters. The van der Waals surface area contributed by atoms with Crippen molar-refractivity contribution >= 4 is 40.3 Å². The Labute approximate surface area is 246 Å². The lowest BCUT2D eigenvalue weighted by atomic mass is 9.88. The number of hydrogen-bond donors (Lipinski definition) is 2. The summed E-state index contributed by atoms with van der Waals surface area (Å²) in [4.78, 5) is 13.9. The number of aryl methyl sites for hydroxylation is 1. The Kier molecular flexibility index (Phi) is 9.48. The Balaban J connectivity index is 1.28. The van der Waals surface area contributed by atoms with Crippen molar-refractivity contribution in [1.82, 2.24) is 10.2 Å². The van der Waals surface area contributed by atoms with Crippen LogP contribution in [0.1, 0.15) is 47.9 Å². The summed E-state index contributed by atoms with van der Waals surface area (Å²) in [5.41, 5.74) is 6.54. The standard InChI is InChI=1S/C33H34Cl2N2O3/c34-25-10-14-29(31(35)22-25)30-6-3-5-24-21-26(38)11-15-28(24)33(30)23-8-12-27(13-9-23)40-20-17-36-16-4-7-32(39)37-18-1-2-19-37/h4,7-15,21-22,36,38H,1-3,5-6,16-20H2/b7-4+. The first-order chi connectivity index (χ1) is 19.5. The Hall–Kier alpha value is -3.25. The molecule has 2 N–H and O–H groups in total. The average Bonchev–Trinajstić information content (AvgIpc) is 3.43. The topological polar surface area (TPSA) is 61.8 Å². The quantitative estimate of drug-likeness (QED) is 0.210. The molecule has 1 heterocycles. The van der Waals surface area contributed by atoms with Gasteiger partial charge in [-0.15, -0.1) is 0 Å². The minimum absolute atomic E-state index is 0.0975. The maximum atomic E-state index is 12.1. The van der Waals surface area contributed by atoms with Crippen molar-refractivity contribution in [2.75, 3.05) is 32.8 Å². The third-order valence-electron chi connectivity index (χ3n) is 7.42. The normalized spacial score (nSPS) is 15.4. The minimum Gasteiger partial charge on any atom is -0.508 e. The van der Waals surface area contributed by atoms with Crippen molar-refractivity contribution in [3.8, 4) is 11.5 Å². The monoisotopic (exact) mass is 576 g/mol. The van der Waals surface area contributed by atoms with Crippen LogP contribution in [0.5, 0.6) is 11.5 Å². The highest BCUT2D eigenvalue weighted by Gasteiger charge is 2.22. The molecule has 1 fully saturated rings. The number of nitrogens with zero attached hydrogens (tertiary/aromatic N) is 1. The number of carbonyl (C=O) groups excluding carboxylic acids is 1. The van der Waals surface area contributed by atoms with Crippen LogP contribution in [-0.2, 0) is 11.2 Å². The molecule has 0 spiro atoms. The lowest BCUT2D eigenvalue weighted by Gasteiger charge is -2.18. The molecule has 0 atom stereocenters. The number of fused-ring (bicyclic) bond motifs is 1. The summed E-state index contributed by atoms with van der Waals surface area (Å²) in [5, 5.41) is 14.7. The molecule has 0 bridgehead atoms. The zero-order chi connectivity index (χ0) is 27.9. The molecule has 1 aliphatic heterocycles. The number of carbonyl (C=O) groups is 1. The molecule has 40 heavy (non-hydrogen) atoms. The summed E-state index contributed by atoms with van der Waals surface area (Å²) in [5.74, 6) is 1.16. The number of likely N-dealkylation sites (tertiary alicyclic amines) is 1. The van der Waals surface area contributed by atoms with Gasteiger partial charge in [-0.05, 0) is 102 Å². The van der Waals surface area contributed by atoms with E-state index in [1.54, 1.807) is 18.2 Å². The van der Waals surface area contributed by atoms with Gasteiger partial charge in [0.05, 0.1) is 0 Å². The summed E-state index contributed by atoms with van der Waals surface area (Å²) >= 11 is 12.9. The summed E-state index contributed by atoms with van der Waals surface area (Å²) < 4.78 is 5.96. The second-order valence-corrected chi connectivity index (χ2v) is 11.0. The van der Waals surface area contributed by atoms with E-state index in [4.69, 9.17) is 27.9 Å².